The number of carboxylic acid groups (broad SMARTS) is 1. The molecule has 1 aromatic rings. The number of rotatable bonds is 4. The van der Waals surface area contributed by atoms with Crippen LogP contribution >= 0.6 is 0 Å². The van der Waals surface area contributed by atoms with Gasteiger partial charge < -0.3 is 19.8 Å². The van der Waals surface area contributed by atoms with Crippen molar-refractivity contribution in [1.29, 1.82) is 0 Å². The monoisotopic (exact) mass is 268 g/mol. The predicted octanol–water partition coefficient (Wildman–Crippen LogP) is 0.240. The Kier molecular flexibility index (Phi) is 3.68. The number of carboxylic acids is 1. The fourth-order valence-corrected chi connectivity index (χ4v) is 1.88. The van der Waals surface area contributed by atoms with Crippen molar-refractivity contribution in [3.63, 3.8) is 0 Å². The quantitative estimate of drug-likeness (QED) is 0.809. The van der Waals surface area contributed by atoms with Crippen LogP contribution in [0.1, 0.15) is 18.6 Å². The number of aromatic nitrogens is 2. The molecule has 0 bridgehead atoms. The van der Waals surface area contributed by atoms with E-state index in [1.54, 1.807) is 18.7 Å². The molecule has 2 rings (SSSR count). The first-order valence-electron chi connectivity index (χ1n) is 6.02. The molecule has 1 atom stereocenters. The van der Waals surface area contributed by atoms with Gasteiger partial charge in [-0.3, -0.25) is 4.79 Å². The highest BCUT2D eigenvalue weighted by Crippen LogP contribution is 2.23. The van der Waals surface area contributed by atoms with E-state index in [2.05, 4.69) is 15.5 Å². The largest absolute Gasteiger partial charge is 0.481 e. The number of hydrogen-bond acceptors (Lipinski definition) is 5. The van der Waals surface area contributed by atoms with E-state index < -0.39 is 11.9 Å². The average Bonchev–Trinajstić information content (AvgIpc) is 2.70. The molecule has 0 radical (unpaired) electrons. The van der Waals surface area contributed by atoms with E-state index in [9.17, 15) is 9.59 Å². The molecule has 8 nitrogen and oxygen atoms in total. The minimum absolute atomic E-state index is 0.0238. The van der Waals surface area contributed by atoms with Gasteiger partial charge in [-0.05, 0) is 0 Å². The van der Waals surface area contributed by atoms with Gasteiger partial charge in [-0.1, -0.05) is 12.1 Å². The molecule has 1 aliphatic heterocycles. The van der Waals surface area contributed by atoms with E-state index in [4.69, 9.17) is 9.63 Å². The molecular formula is C11H16N4O4. The highest BCUT2D eigenvalue weighted by atomic mass is 16.5. The van der Waals surface area contributed by atoms with Crippen molar-refractivity contribution < 1.29 is 19.2 Å². The molecule has 1 aromatic heterocycles. The van der Waals surface area contributed by atoms with Crippen molar-refractivity contribution >= 4 is 12.0 Å². The molecule has 0 spiro atoms. The normalized spacial score (nSPS) is 16.8. The third kappa shape index (κ3) is 3.01. The summed E-state index contributed by atoms with van der Waals surface area (Å²) in [6.45, 7) is 4.46. The molecule has 1 fully saturated rings. The Morgan fingerprint density at radius 2 is 2.26 bits per heavy atom. The van der Waals surface area contributed by atoms with Crippen LogP contribution in [0.2, 0.25) is 0 Å². The lowest BCUT2D eigenvalue weighted by Gasteiger charge is -2.40. The van der Waals surface area contributed by atoms with E-state index in [0.29, 0.717) is 24.8 Å². The Hall–Kier alpha value is -2.12. The molecule has 2 heterocycles. The minimum Gasteiger partial charge on any atom is -0.481 e. The number of amides is 2. The number of urea groups is 1. The topological polar surface area (TPSA) is 109 Å². The molecule has 2 N–H and O–H groups in total. The van der Waals surface area contributed by atoms with Gasteiger partial charge in [-0.25, -0.2) is 4.79 Å². The molecule has 104 valence electrons. The SMILES string of the molecule is Cc1nc(CNC(=O)N2CC(C(C)C(=O)O)C2)no1. The number of likely N-dealkylation sites (tertiary alicyclic amines) is 1. The number of nitrogens with zero attached hydrogens (tertiary/aromatic N) is 3. The summed E-state index contributed by atoms with van der Waals surface area (Å²) in [4.78, 5) is 28.0. The van der Waals surface area contributed by atoms with Crippen LogP contribution < -0.4 is 5.32 Å². The summed E-state index contributed by atoms with van der Waals surface area (Å²) in [7, 11) is 0. The van der Waals surface area contributed by atoms with Gasteiger partial charge in [-0.2, -0.15) is 4.98 Å². The molecule has 1 saturated heterocycles. The summed E-state index contributed by atoms with van der Waals surface area (Å²) in [5.41, 5.74) is 0. The maximum Gasteiger partial charge on any atom is 0.317 e. The van der Waals surface area contributed by atoms with Crippen LogP contribution in [0, 0.1) is 18.8 Å². The number of carbonyl (C=O) groups excluding carboxylic acids is 1. The van der Waals surface area contributed by atoms with Crippen molar-refractivity contribution in [3.8, 4) is 0 Å². The third-order valence-corrected chi connectivity index (χ3v) is 3.26. The van der Waals surface area contributed by atoms with Gasteiger partial charge in [0.05, 0.1) is 12.5 Å². The minimum atomic E-state index is -0.827. The van der Waals surface area contributed by atoms with Crippen LogP contribution in [-0.4, -0.2) is 45.2 Å². The molecule has 19 heavy (non-hydrogen) atoms. The van der Waals surface area contributed by atoms with Gasteiger partial charge in [0.1, 0.15) is 0 Å². The Bertz CT molecular complexity index is 481. The lowest BCUT2D eigenvalue weighted by atomic mass is 9.87. The molecule has 0 aromatic carbocycles. The highest BCUT2D eigenvalue weighted by molar-refractivity contribution is 5.76. The maximum atomic E-state index is 11.7. The molecule has 1 aliphatic rings. The second-order valence-electron chi connectivity index (χ2n) is 4.68. The van der Waals surface area contributed by atoms with Crippen molar-refractivity contribution in [2.75, 3.05) is 13.1 Å². The van der Waals surface area contributed by atoms with Crippen LogP contribution in [0.15, 0.2) is 4.52 Å². The smallest absolute Gasteiger partial charge is 0.317 e. The molecule has 2 amide bonds. The van der Waals surface area contributed by atoms with Crippen LogP contribution in [0.25, 0.3) is 0 Å². The average molecular weight is 268 g/mol. The van der Waals surface area contributed by atoms with Gasteiger partial charge in [0.25, 0.3) is 0 Å². The third-order valence-electron chi connectivity index (χ3n) is 3.26. The van der Waals surface area contributed by atoms with E-state index in [-0.39, 0.29) is 18.5 Å². The van der Waals surface area contributed by atoms with Gasteiger partial charge in [-0.15, -0.1) is 0 Å². The van der Waals surface area contributed by atoms with Crippen LogP contribution in [-0.2, 0) is 11.3 Å². The summed E-state index contributed by atoms with van der Waals surface area (Å²) in [5, 5.41) is 15.2. The maximum absolute atomic E-state index is 11.7. The molecule has 0 saturated carbocycles. The fraction of sp³-hybridized carbons (Fsp3) is 0.636. The zero-order valence-electron chi connectivity index (χ0n) is 10.8. The van der Waals surface area contributed by atoms with Gasteiger partial charge in [0.2, 0.25) is 5.89 Å². The van der Waals surface area contributed by atoms with Crippen molar-refractivity contribution in [2.24, 2.45) is 11.8 Å². The predicted molar refractivity (Wildman–Crippen MR) is 63.1 cm³/mol. The standard InChI is InChI=1S/C11H16N4O4/c1-6(10(16)17)8-4-15(5-8)11(18)12-3-9-13-7(2)19-14-9/h6,8H,3-5H2,1-2H3,(H,12,18)(H,16,17). The summed E-state index contributed by atoms with van der Waals surface area (Å²) in [5.74, 6) is -0.364. The fourth-order valence-electron chi connectivity index (χ4n) is 1.88. The van der Waals surface area contributed by atoms with Crippen molar-refractivity contribution in [3.05, 3.63) is 11.7 Å². The second kappa shape index (κ2) is 5.25. The summed E-state index contributed by atoms with van der Waals surface area (Å²) in [6, 6.07) is -0.240. The van der Waals surface area contributed by atoms with Crippen molar-refractivity contribution in [1.82, 2.24) is 20.4 Å². The number of aryl methyl sites for hydroxylation is 1. The highest BCUT2D eigenvalue weighted by Gasteiger charge is 2.37. The Morgan fingerprint density at radius 1 is 1.58 bits per heavy atom. The van der Waals surface area contributed by atoms with Crippen LogP contribution in [0.5, 0.6) is 0 Å². The Balaban J connectivity index is 1.73. The molecule has 1 unspecified atom stereocenters. The van der Waals surface area contributed by atoms with E-state index >= 15 is 0 Å². The number of aliphatic carboxylic acids is 1. The zero-order chi connectivity index (χ0) is 14.0. The van der Waals surface area contributed by atoms with Crippen LogP contribution in [0.4, 0.5) is 4.79 Å². The van der Waals surface area contributed by atoms with Crippen molar-refractivity contribution in [2.45, 2.75) is 20.4 Å². The van der Waals surface area contributed by atoms with Gasteiger partial charge in [0, 0.05) is 25.9 Å². The van der Waals surface area contributed by atoms with E-state index in [0.717, 1.165) is 0 Å². The molecular weight excluding hydrogens is 252 g/mol. The first kappa shape index (κ1) is 13.3. The molecule has 8 heteroatoms. The van der Waals surface area contributed by atoms with E-state index in [1.807, 2.05) is 0 Å². The second-order valence-corrected chi connectivity index (χ2v) is 4.68. The number of nitrogens with one attached hydrogen (secondary N) is 1. The lowest BCUT2D eigenvalue weighted by molar-refractivity contribution is -0.144. The Morgan fingerprint density at radius 3 is 2.79 bits per heavy atom. The summed E-state index contributed by atoms with van der Waals surface area (Å²) >= 11 is 0. The molecule has 0 aliphatic carbocycles. The van der Waals surface area contributed by atoms with E-state index in [1.165, 1.54) is 0 Å². The first-order chi connectivity index (χ1) is 8.97. The lowest BCUT2D eigenvalue weighted by Crippen LogP contribution is -2.56. The first-order valence-corrected chi connectivity index (χ1v) is 6.02. The summed E-state index contributed by atoms with van der Waals surface area (Å²) in [6.07, 6.45) is 0. The van der Waals surface area contributed by atoms with Gasteiger partial charge in [0.15, 0.2) is 5.82 Å². The summed E-state index contributed by atoms with van der Waals surface area (Å²) < 4.78 is 4.78. The zero-order valence-corrected chi connectivity index (χ0v) is 10.8. The number of carbonyl (C=O) groups is 2. The Labute approximate surface area is 109 Å². The van der Waals surface area contributed by atoms with Gasteiger partial charge >= 0.3 is 12.0 Å². The van der Waals surface area contributed by atoms with Crippen LogP contribution in [0.3, 0.4) is 0 Å². The number of hydrogen-bond donors (Lipinski definition) is 2.